The van der Waals surface area contributed by atoms with E-state index in [1.54, 1.807) is 19.9 Å². The molecule has 1 aliphatic heterocycles. The molecule has 33 heavy (non-hydrogen) atoms. The lowest BCUT2D eigenvalue weighted by Crippen LogP contribution is -2.48. The largest absolute Gasteiger partial charge is 0.573 e. The van der Waals surface area contributed by atoms with Gasteiger partial charge in [0, 0.05) is 42.9 Å². The molecule has 0 aliphatic carbocycles. The first kappa shape index (κ1) is 24.6. The van der Waals surface area contributed by atoms with Crippen molar-refractivity contribution in [2.24, 2.45) is 0 Å². The molecule has 11 heteroatoms. The number of amides is 2. The predicted octanol–water partition coefficient (Wildman–Crippen LogP) is 4.69. The summed E-state index contributed by atoms with van der Waals surface area (Å²) in [5.74, 6) is -0.590. The Hall–Kier alpha value is -3.01. The highest BCUT2D eigenvalue weighted by Crippen LogP contribution is 2.33. The van der Waals surface area contributed by atoms with Gasteiger partial charge in [-0.2, -0.15) is 0 Å². The molecular weight excluding hydrogens is 461 g/mol. The van der Waals surface area contributed by atoms with Crippen molar-refractivity contribution in [3.05, 3.63) is 46.6 Å². The van der Waals surface area contributed by atoms with E-state index in [1.165, 1.54) is 18.2 Å². The molecule has 0 bridgehead atoms. The van der Waals surface area contributed by atoms with Crippen LogP contribution in [-0.4, -0.2) is 42.3 Å². The van der Waals surface area contributed by atoms with Gasteiger partial charge in [0.2, 0.25) is 5.91 Å². The van der Waals surface area contributed by atoms with Crippen molar-refractivity contribution >= 4 is 34.9 Å². The summed E-state index contributed by atoms with van der Waals surface area (Å²) in [6.07, 6.45) is -3.01. The maximum Gasteiger partial charge on any atom is 0.573 e. The summed E-state index contributed by atoms with van der Waals surface area (Å²) >= 11 is 6.21. The van der Waals surface area contributed by atoms with Crippen molar-refractivity contribution in [1.29, 1.82) is 0 Å². The minimum atomic E-state index is -4.80. The number of piperidine rings is 1. The number of carbonyl (C=O) groups is 2. The third kappa shape index (κ3) is 6.98. The van der Waals surface area contributed by atoms with Gasteiger partial charge in [0.15, 0.2) is 0 Å². The monoisotopic (exact) mass is 484 g/mol. The summed E-state index contributed by atoms with van der Waals surface area (Å²) in [6, 6.07) is 6.76. The van der Waals surface area contributed by atoms with Crippen LogP contribution in [0.4, 0.5) is 24.7 Å². The number of pyridine rings is 1. The van der Waals surface area contributed by atoms with Crippen LogP contribution in [0.3, 0.4) is 0 Å². The van der Waals surface area contributed by atoms with Crippen LogP contribution in [0.2, 0.25) is 5.02 Å². The summed E-state index contributed by atoms with van der Waals surface area (Å²) in [7, 11) is 0. The molecule has 2 N–H and O–H groups in total. The van der Waals surface area contributed by atoms with Gasteiger partial charge in [-0.15, -0.1) is 13.2 Å². The number of alkyl halides is 3. The average Bonchev–Trinajstić information content (AvgIpc) is 2.72. The first-order valence-corrected chi connectivity index (χ1v) is 10.8. The lowest BCUT2D eigenvalue weighted by molar-refractivity contribution is -0.274. The van der Waals surface area contributed by atoms with Gasteiger partial charge in [-0.25, -0.2) is 4.98 Å². The van der Waals surface area contributed by atoms with E-state index in [0.717, 1.165) is 18.9 Å². The molecule has 0 saturated carbocycles. The Labute approximate surface area is 194 Å². The SMILES string of the molecule is CCC(=O)Nc1cc(C(=O)NC2CCCN(c3ccc(OC(F)(F)F)cc3Cl)C2)cc(C)n1. The third-order valence-corrected chi connectivity index (χ3v) is 5.36. The molecule has 0 spiro atoms. The van der Waals surface area contributed by atoms with Crippen molar-refractivity contribution in [3.8, 4) is 5.75 Å². The Morgan fingerprint density at radius 2 is 2.03 bits per heavy atom. The predicted molar refractivity (Wildman–Crippen MR) is 119 cm³/mol. The summed E-state index contributed by atoms with van der Waals surface area (Å²) in [5, 5.41) is 5.76. The molecule has 2 amide bonds. The van der Waals surface area contributed by atoms with E-state index in [9.17, 15) is 22.8 Å². The second kappa shape index (κ2) is 10.3. The molecule has 178 valence electrons. The van der Waals surface area contributed by atoms with E-state index in [1.807, 2.05) is 4.90 Å². The van der Waals surface area contributed by atoms with Crippen molar-refractivity contribution in [1.82, 2.24) is 10.3 Å². The number of nitrogens with zero attached hydrogens (tertiary/aromatic N) is 2. The zero-order chi connectivity index (χ0) is 24.2. The minimum Gasteiger partial charge on any atom is -0.406 e. The lowest BCUT2D eigenvalue weighted by atomic mass is 10.0. The standard InChI is InChI=1S/C22H24ClF3N4O3/c1-3-20(31)29-19-10-14(9-13(2)27-19)21(32)28-15-5-4-8-30(12-15)18-7-6-16(11-17(18)23)33-22(24,25)26/h6-7,9-11,15H,3-5,8,12H2,1-2H3,(H,28,32)(H,27,29,31). The highest BCUT2D eigenvalue weighted by molar-refractivity contribution is 6.33. The number of halogens is 4. The quantitative estimate of drug-likeness (QED) is 0.621. The summed E-state index contributed by atoms with van der Waals surface area (Å²) in [5.41, 5.74) is 1.53. The molecule has 7 nitrogen and oxygen atoms in total. The normalized spacial score (nSPS) is 16.3. The number of nitrogens with one attached hydrogen (secondary N) is 2. The van der Waals surface area contributed by atoms with Crippen LogP contribution in [0, 0.1) is 6.92 Å². The van der Waals surface area contributed by atoms with Gasteiger partial charge in [-0.3, -0.25) is 9.59 Å². The van der Waals surface area contributed by atoms with Gasteiger partial charge in [0.25, 0.3) is 5.91 Å². The minimum absolute atomic E-state index is 0.129. The Morgan fingerprint density at radius 3 is 2.70 bits per heavy atom. The Morgan fingerprint density at radius 1 is 1.27 bits per heavy atom. The Balaban J connectivity index is 1.68. The van der Waals surface area contributed by atoms with E-state index in [0.29, 0.717) is 42.3 Å². The number of anilines is 2. The van der Waals surface area contributed by atoms with E-state index in [2.05, 4.69) is 20.4 Å². The second-order valence-corrected chi connectivity index (χ2v) is 8.11. The van der Waals surface area contributed by atoms with Gasteiger partial charge >= 0.3 is 6.36 Å². The second-order valence-electron chi connectivity index (χ2n) is 7.70. The summed E-state index contributed by atoms with van der Waals surface area (Å²) < 4.78 is 41.2. The highest BCUT2D eigenvalue weighted by atomic mass is 35.5. The van der Waals surface area contributed by atoms with Crippen LogP contribution in [0.15, 0.2) is 30.3 Å². The number of rotatable bonds is 6. The molecular formula is C22H24ClF3N4O3. The maximum atomic E-state index is 12.8. The zero-order valence-corrected chi connectivity index (χ0v) is 18.9. The summed E-state index contributed by atoms with van der Waals surface area (Å²) in [4.78, 5) is 30.6. The van der Waals surface area contributed by atoms with Crippen LogP contribution < -0.4 is 20.3 Å². The molecule has 1 saturated heterocycles. The molecule has 0 radical (unpaired) electrons. The number of ether oxygens (including phenoxy) is 1. The third-order valence-electron chi connectivity index (χ3n) is 5.05. The first-order chi connectivity index (χ1) is 15.5. The van der Waals surface area contributed by atoms with Crippen LogP contribution in [-0.2, 0) is 4.79 Å². The maximum absolute atomic E-state index is 12.8. The smallest absolute Gasteiger partial charge is 0.406 e. The summed E-state index contributed by atoms with van der Waals surface area (Å²) in [6.45, 7) is 4.53. The highest BCUT2D eigenvalue weighted by Gasteiger charge is 2.31. The fraction of sp³-hybridized carbons (Fsp3) is 0.409. The van der Waals surface area contributed by atoms with Crippen LogP contribution in [0.1, 0.15) is 42.2 Å². The van der Waals surface area contributed by atoms with E-state index in [-0.39, 0.29) is 22.9 Å². The Bertz CT molecular complexity index is 1030. The van der Waals surface area contributed by atoms with E-state index < -0.39 is 12.1 Å². The van der Waals surface area contributed by atoms with Crippen LogP contribution in [0.25, 0.3) is 0 Å². The topological polar surface area (TPSA) is 83.6 Å². The number of aromatic nitrogens is 1. The first-order valence-electron chi connectivity index (χ1n) is 10.4. The molecule has 1 aliphatic rings. The fourth-order valence-electron chi connectivity index (χ4n) is 3.62. The fourth-order valence-corrected chi connectivity index (χ4v) is 3.91. The number of hydrogen-bond acceptors (Lipinski definition) is 5. The van der Waals surface area contributed by atoms with Crippen molar-refractivity contribution < 1.29 is 27.5 Å². The number of hydrogen-bond donors (Lipinski definition) is 2. The van der Waals surface area contributed by atoms with E-state index in [4.69, 9.17) is 11.6 Å². The zero-order valence-electron chi connectivity index (χ0n) is 18.1. The number of carbonyl (C=O) groups excluding carboxylic acids is 2. The molecule has 2 heterocycles. The molecule has 1 atom stereocenters. The van der Waals surface area contributed by atoms with Gasteiger partial charge in [0.05, 0.1) is 10.7 Å². The van der Waals surface area contributed by atoms with Crippen LogP contribution >= 0.6 is 11.6 Å². The van der Waals surface area contributed by atoms with E-state index >= 15 is 0 Å². The molecule has 1 aromatic carbocycles. The molecule has 1 aromatic heterocycles. The van der Waals surface area contributed by atoms with Crippen molar-refractivity contribution in [3.63, 3.8) is 0 Å². The van der Waals surface area contributed by atoms with Gasteiger partial charge in [-0.05, 0) is 44.0 Å². The van der Waals surface area contributed by atoms with Gasteiger partial charge in [-0.1, -0.05) is 18.5 Å². The van der Waals surface area contributed by atoms with Gasteiger partial charge in [0.1, 0.15) is 11.6 Å². The molecule has 1 unspecified atom stereocenters. The number of benzene rings is 1. The van der Waals surface area contributed by atoms with Gasteiger partial charge < -0.3 is 20.3 Å². The Kier molecular flexibility index (Phi) is 7.68. The van der Waals surface area contributed by atoms with Crippen molar-refractivity contribution in [2.45, 2.75) is 45.5 Å². The molecule has 2 aromatic rings. The van der Waals surface area contributed by atoms with Crippen molar-refractivity contribution in [2.75, 3.05) is 23.3 Å². The molecule has 1 fully saturated rings. The number of aryl methyl sites for hydroxylation is 1. The van der Waals surface area contributed by atoms with Crippen LogP contribution in [0.5, 0.6) is 5.75 Å². The lowest BCUT2D eigenvalue weighted by Gasteiger charge is -2.35. The average molecular weight is 485 g/mol. The molecule has 3 rings (SSSR count).